The second-order valence-electron chi connectivity index (χ2n) is 4.43. The van der Waals surface area contributed by atoms with Gasteiger partial charge in [0, 0.05) is 13.6 Å². The van der Waals surface area contributed by atoms with Crippen molar-refractivity contribution >= 4 is 15.7 Å². The summed E-state index contributed by atoms with van der Waals surface area (Å²) in [6, 6.07) is 5.62. The van der Waals surface area contributed by atoms with E-state index in [2.05, 4.69) is 15.2 Å². The summed E-state index contributed by atoms with van der Waals surface area (Å²) < 4.78 is 36.5. The topological polar surface area (TPSA) is 96.0 Å². The summed E-state index contributed by atoms with van der Waals surface area (Å²) in [5, 5.41) is 5.32. The molecule has 7 nitrogen and oxygen atoms in total. The van der Waals surface area contributed by atoms with Crippen LogP contribution in [0.1, 0.15) is 5.56 Å². The van der Waals surface area contributed by atoms with Gasteiger partial charge in [0.05, 0.1) is 0 Å². The van der Waals surface area contributed by atoms with E-state index in [4.69, 9.17) is 0 Å². The number of aromatic amines is 1. The van der Waals surface area contributed by atoms with Gasteiger partial charge in [-0.3, -0.25) is 9.89 Å². The number of H-pyrrole nitrogens is 1. The van der Waals surface area contributed by atoms with Gasteiger partial charge in [0.1, 0.15) is 17.9 Å². The van der Waals surface area contributed by atoms with Gasteiger partial charge in [-0.2, -0.15) is 5.10 Å². The zero-order valence-electron chi connectivity index (χ0n) is 11.2. The van der Waals surface area contributed by atoms with Gasteiger partial charge in [0.25, 0.3) is 0 Å². The number of carbonyl (C=O) groups excluding carboxylic acids is 1. The summed E-state index contributed by atoms with van der Waals surface area (Å²) >= 11 is 0. The molecule has 0 aliphatic rings. The fraction of sp³-hybridized carbons (Fsp3) is 0.250. The van der Waals surface area contributed by atoms with E-state index in [1.54, 1.807) is 0 Å². The first-order valence-electron chi connectivity index (χ1n) is 5.95. The van der Waals surface area contributed by atoms with E-state index >= 15 is 0 Å². The minimum Gasteiger partial charge on any atom is -0.341 e. The smallest absolute Gasteiger partial charge is 0.243 e. The van der Waals surface area contributed by atoms with Crippen LogP contribution in [0.15, 0.2) is 35.7 Å². The Labute approximate surface area is 120 Å². The Morgan fingerprint density at radius 2 is 2.00 bits per heavy atom. The summed E-state index contributed by atoms with van der Waals surface area (Å²) in [7, 11) is -2.37. The minimum absolute atomic E-state index is 0.186. The predicted octanol–water partition coefficient (Wildman–Crippen LogP) is 0.376. The summed E-state index contributed by atoms with van der Waals surface area (Å²) in [4.78, 5) is 16.7. The zero-order chi connectivity index (χ0) is 15.5. The van der Waals surface area contributed by atoms with Crippen LogP contribution in [0.5, 0.6) is 0 Å². The predicted molar refractivity (Wildman–Crippen MR) is 71.3 cm³/mol. The number of nitrogens with zero attached hydrogens (tertiary/aromatic N) is 3. The van der Waals surface area contributed by atoms with Gasteiger partial charge in [0.2, 0.25) is 20.9 Å². The Balaban J connectivity index is 2.01. The number of halogens is 1. The Hall–Kier alpha value is -2.29. The molecule has 0 aliphatic carbocycles. The molecule has 0 fully saturated rings. The van der Waals surface area contributed by atoms with E-state index in [9.17, 15) is 17.6 Å². The van der Waals surface area contributed by atoms with Gasteiger partial charge in [-0.1, -0.05) is 12.1 Å². The molecule has 0 unspecified atom stereocenters. The van der Waals surface area contributed by atoms with Gasteiger partial charge in [-0.15, -0.1) is 0 Å². The van der Waals surface area contributed by atoms with Crippen LogP contribution in [-0.4, -0.2) is 47.2 Å². The normalized spacial score (nSPS) is 11.3. The quantitative estimate of drug-likeness (QED) is 0.861. The Morgan fingerprint density at radius 3 is 2.57 bits per heavy atom. The monoisotopic (exact) mass is 312 g/mol. The lowest BCUT2D eigenvalue weighted by Crippen LogP contribution is -2.32. The molecule has 1 amide bonds. The standard InChI is InChI=1S/C12H13FN4O3S/c1-17(6-9-2-4-10(13)5-3-9)11(18)7-21(19,20)12-14-8-15-16-12/h2-5,8H,6-7H2,1H3,(H,14,15,16). The van der Waals surface area contributed by atoms with Crippen LogP contribution in [0.2, 0.25) is 0 Å². The van der Waals surface area contributed by atoms with Gasteiger partial charge >= 0.3 is 0 Å². The highest BCUT2D eigenvalue weighted by Gasteiger charge is 2.24. The molecular weight excluding hydrogens is 299 g/mol. The van der Waals surface area contributed by atoms with Crippen molar-refractivity contribution in [1.82, 2.24) is 20.1 Å². The molecule has 0 saturated heterocycles. The lowest BCUT2D eigenvalue weighted by Gasteiger charge is -2.16. The van der Waals surface area contributed by atoms with Crippen molar-refractivity contribution in [3.63, 3.8) is 0 Å². The molecule has 1 N–H and O–H groups in total. The Morgan fingerprint density at radius 1 is 1.33 bits per heavy atom. The van der Waals surface area contributed by atoms with Crippen LogP contribution in [0.4, 0.5) is 4.39 Å². The molecule has 2 aromatic rings. The lowest BCUT2D eigenvalue weighted by atomic mass is 10.2. The maximum absolute atomic E-state index is 12.8. The number of nitrogens with one attached hydrogen (secondary N) is 1. The maximum Gasteiger partial charge on any atom is 0.243 e. The SMILES string of the molecule is CN(Cc1ccc(F)cc1)C(=O)CS(=O)(=O)c1ncn[nH]1. The van der Waals surface area contributed by atoms with Crippen molar-refractivity contribution in [3.05, 3.63) is 42.0 Å². The van der Waals surface area contributed by atoms with Crippen molar-refractivity contribution in [3.8, 4) is 0 Å². The molecule has 112 valence electrons. The van der Waals surface area contributed by atoms with Crippen molar-refractivity contribution in [2.75, 3.05) is 12.8 Å². The van der Waals surface area contributed by atoms with Crippen molar-refractivity contribution in [1.29, 1.82) is 0 Å². The van der Waals surface area contributed by atoms with Crippen molar-refractivity contribution < 1.29 is 17.6 Å². The minimum atomic E-state index is -3.84. The van der Waals surface area contributed by atoms with Gasteiger partial charge in [0.15, 0.2) is 0 Å². The number of amides is 1. The van der Waals surface area contributed by atoms with Crippen LogP contribution in [0.3, 0.4) is 0 Å². The first-order chi connectivity index (χ1) is 9.88. The third kappa shape index (κ3) is 3.85. The highest BCUT2D eigenvalue weighted by Crippen LogP contribution is 2.08. The van der Waals surface area contributed by atoms with Gasteiger partial charge in [-0.05, 0) is 17.7 Å². The molecule has 0 saturated carbocycles. The zero-order valence-corrected chi connectivity index (χ0v) is 12.0. The van der Waals surface area contributed by atoms with E-state index < -0.39 is 21.5 Å². The number of aromatic nitrogens is 3. The molecular formula is C12H13FN4O3S. The molecule has 21 heavy (non-hydrogen) atoms. The summed E-state index contributed by atoms with van der Waals surface area (Å²) in [6.07, 6.45) is 1.06. The summed E-state index contributed by atoms with van der Waals surface area (Å²) in [6.45, 7) is 0.186. The van der Waals surface area contributed by atoms with Crippen molar-refractivity contribution in [2.24, 2.45) is 0 Å². The van der Waals surface area contributed by atoms with E-state index in [1.165, 1.54) is 36.2 Å². The number of benzene rings is 1. The molecule has 0 aliphatic heterocycles. The first-order valence-corrected chi connectivity index (χ1v) is 7.60. The molecule has 0 spiro atoms. The Bertz CT molecular complexity index is 713. The van der Waals surface area contributed by atoms with Gasteiger partial charge in [-0.25, -0.2) is 17.8 Å². The average Bonchev–Trinajstić information content (AvgIpc) is 2.95. The molecule has 0 radical (unpaired) electrons. The number of rotatable bonds is 5. The van der Waals surface area contributed by atoms with E-state index in [0.29, 0.717) is 5.56 Å². The molecule has 0 atom stereocenters. The molecule has 1 aromatic heterocycles. The maximum atomic E-state index is 12.8. The number of sulfone groups is 1. The first kappa shape index (κ1) is 15.1. The average molecular weight is 312 g/mol. The molecule has 1 heterocycles. The molecule has 2 rings (SSSR count). The van der Waals surface area contributed by atoms with Crippen LogP contribution < -0.4 is 0 Å². The van der Waals surface area contributed by atoms with E-state index in [0.717, 1.165) is 6.33 Å². The van der Waals surface area contributed by atoms with E-state index in [1.807, 2.05) is 0 Å². The van der Waals surface area contributed by atoms with Crippen molar-refractivity contribution in [2.45, 2.75) is 11.7 Å². The Kier molecular flexibility index (Phi) is 4.32. The number of hydrogen-bond donors (Lipinski definition) is 1. The molecule has 9 heteroatoms. The summed E-state index contributed by atoms with van der Waals surface area (Å²) in [5.41, 5.74) is 0.698. The van der Waals surface area contributed by atoms with Crippen LogP contribution in [0.25, 0.3) is 0 Å². The highest BCUT2D eigenvalue weighted by molar-refractivity contribution is 7.91. The molecule has 1 aromatic carbocycles. The van der Waals surface area contributed by atoms with Crippen LogP contribution in [-0.2, 0) is 21.2 Å². The molecule has 0 bridgehead atoms. The fourth-order valence-electron chi connectivity index (χ4n) is 1.64. The lowest BCUT2D eigenvalue weighted by molar-refractivity contribution is -0.127. The van der Waals surface area contributed by atoms with Crippen LogP contribution in [0, 0.1) is 5.82 Å². The van der Waals surface area contributed by atoms with Gasteiger partial charge < -0.3 is 4.90 Å². The third-order valence-corrected chi connectivity index (χ3v) is 4.17. The summed E-state index contributed by atoms with van der Waals surface area (Å²) in [5.74, 6) is -1.67. The van der Waals surface area contributed by atoms with E-state index in [-0.39, 0.29) is 17.5 Å². The fourth-order valence-corrected chi connectivity index (χ4v) is 2.72. The largest absolute Gasteiger partial charge is 0.341 e. The second-order valence-corrected chi connectivity index (χ2v) is 6.33. The highest BCUT2D eigenvalue weighted by atomic mass is 32.2. The number of hydrogen-bond acceptors (Lipinski definition) is 5. The third-order valence-electron chi connectivity index (χ3n) is 2.76. The second kappa shape index (κ2) is 6.00. The number of carbonyl (C=O) groups is 1. The van der Waals surface area contributed by atoms with Crippen LogP contribution >= 0.6 is 0 Å².